The summed E-state index contributed by atoms with van der Waals surface area (Å²) in [5.74, 6) is 0. The van der Waals surface area contributed by atoms with Gasteiger partial charge in [0.1, 0.15) is 0 Å². The number of hydrogen-bond donors (Lipinski definition) is 0. The zero-order valence-electron chi connectivity index (χ0n) is 22.7. The van der Waals surface area contributed by atoms with E-state index in [4.69, 9.17) is 0 Å². The number of rotatable bonds is 10. The Morgan fingerprint density at radius 2 is 1.49 bits per heavy atom. The Balaban J connectivity index is 1.54. The Kier molecular flexibility index (Phi) is 9.74. The van der Waals surface area contributed by atoms with Gasteiger partial charge in [-0.15, -0.1) is 0 Å². The van der Waals surface area contributed by atoms with E-state index in [2.05, 4.69) is 105 Å². The number of nitrogens with zero attached hydrogens (tertiary/aromatic N) is 2. The average Bonchev–Trinajstić information content (AvgIpc) is 2.84. The molecule has 0 aliphatic carbocycles. The summed E-state index contributed by atoms with van der Waals surface area (Å²) in [6.07, 6.45) is 7.57. The van der Waals surface area contributed by atoms with Crippen LogP contribution in [0.15, 0.2) is 84.6 Å². The van der Waals surface area contributed by atoms with Gasteiger partial charge in [-0.05, 0) is 80.9 Å². The van der Waals surface area contributed by atoms with Gasteiger partial charge in [0, 0.05) is 38.4 Å². The van der Waals surface area contributed by atoms with Gasteiger partial charge in [-0.1, -0.05) is 85.3 Å². The van der Waals surface area contributed by atoms with E-state index in [9.17, 15) is 0 Å². The minimum atomic E-state index is 1.03. The maximum atomic E-state index is 4.17. The molecule has 0 atom stereocenters. The van der Waals surface area contributed by atoms with Crippen LogP contribution in [0.2, 0.25) is 0 Å². The molecule has 0 bridgehead atoms. The highest BCUT2D eigenvalue weighted by Gasteiger charge is 2.18. The summed E-state index contributed by atoms with van der Waals surface area (Å²) in [4.78, 5) is 5.09. The Bertz CT molecular complexity index is 1070. The lowest BCUT2D eigenvalue weighted by atomic mass is 9.92. The van der Waals surface area contributed by atoms with E-state index in [1.807, 2.05) is 6.92 Å². The van der Waals surface area contributed by atoms with Crippen molar-refractivity contribution in [2.75, 3.05) is 26.2 Å². The lowest BCUT2D eigenvalue weighted by Crippen LogP contribution is -2.45. The standard InChI is InChI=1S/C33H44N2/c1-8-31-30(10-9-11-32(31)26(4)5)18-17-28-13-15-29(16-14-28)24-34-20-22-35(23-21-34)33(27(6)7)19-12-25(2)3/h9-16,19H,2,4,8,17-18,20-24H2,1,3,5-7H3/b19-12-. The molecule has 35 heavy (non-hydrogen) atoms. The van der Waals surface area contributed by atoms with Gasteiger partial charge in [-0.3, -0.25) is 4.90 Å². The van der Waals surface area contributed by atoms with Crippen molar-refractivity contribution in [1.29, 1.82) is 0 Å². The minimum Gasteiger partial charge on any atom is -0.369 e. The van der Waals surface area contributed by atoms with E-state index in [1.165, 1.54) is 39.1 Å². The van der Waals surface area contributed by atoms with Crippen molar-refractivity contribution in [3.63, 3.8) is 0 Å². The van der Waals surface area contributed by atoms with Crippen LogP contribution >= 0.6 is 0 Å². The summed E-state index contributed by atoms with van der Waals surface area (Å²) in [6, 6.07) is 16.0. The van der Waals surface area contributed by atoms with Gasteiger partial charge in [-0.25, -0.2) is 0 Å². The highest BCUT2D eigenvalue weighted by atomic mass is 15.3. The second-order valence-corrected chi connectivity index (χ2v) is 10.2. The van der Waals surface area contributed by atoms with Gasteiger partial charge in [0.25, 0.3) is 0 Å². The Labute approximate surface area is 214 Å². The molecule has 1 saturated heterocycles. The van der Waals surface area contributed by atoms with Crippen LogP contribution in [0.4, 0.5) is 0 Å². The maximum Gasteiger partial charge on any atom is 0.0353 e. The first-order valence-corrected chi connectivity index (χ1v) is 13.1. The third kappa shape index (κ3) is 7.57. The molecule has 0 unspecified atom stereocenters. The average molecular weight is 469 g/mol. The van der Waals surface area contributed by atoms with Crippen LogP contribution in [0.5, 0.6) is 0 Å². The fraction of sp³-hybridized carbons (Fsp3) is 0.394. The van der Waals surface area contributed by atoms with Crippen LogP contribution in [-0.4, -0.2) is 36.0 Å². The minimum absolute atomic E-state index is 1.03. The molecular formula is C33H44N2. The normalized spacial score (nSPS) is 14.4. The zero-order chi connectivity index (χ0) is 25.4. The van der Waals surface area contributed by atoms with Gasteiger partial charge in [0.15, 0.2) is 0 Å². The SMILES string of the molecule is C=C(C)/C=C\C(=C(C)C)N1CCN(Cc2ccc(CCc3cccc(C(=C)C)c3CC)cc2)CC1. The van der Waals surface area contributed by atoms with Crippen LogP contribution in [0.1, 0.15) is 62.4 Å². The van der Waals surface area contributed by atoms with E-state index in [-0.39, 0.29) is 0 Å². The van der Waals surface area contributed by atoms with Crippen molar-refractivity contribution in [2.24, 2.45) is 0 Å². The molecule has 1 aliphatic rings. The molecule has 0 spiro atoms. The van der Waals surface area contributed by atoms with Crippen LogP contribution in [0.3, 0.4) is 0 Å². The topological polar surface area (TPSA) is 6.48 Å². The number of piperazine rings is 1. The van der Waals surface area contributed by atoms with Crippen LogP contribution in [-0.2, 0) is 25.8 Å². The second-order valence-electron chi connectivity index (χ2n) is 10.2. The molecule has 0 saturated carbocycles. The zero-order valence-corrected chi connectivity index (χ0v) is 22.7. The number of aryl methyl sites for hydroxylation is 2. The molecule has 2 nitrogen and oxygen atoms in total. The largest absolute Gasteiger partial charge is 0.369 e. The van der Waals surface area contributed by atoms with Crippen molar-refractivity contribution in [3.8, 4) is 0 Å². The molecule has 2 aromatic carbocycles. The fourth-order valence-corrected chi connectivity index (χ4v) is 4.99. The summed E-state index contributed by atoms with van der Waals surface area (Å²) in [7, 11) is 0. The molecule has 186 valence electrons. The summed E-state index contributed by atoms with van der Waals surface area (Å²) in [5.41, 5.74) is 12.0. The molecular weight excluding hydrogens is 424 g/mol. The molecule has 3 rings (SSSR count). The van der Waals surface area contributed by atoms with Crippen LogP contribution in [0.25, 0.3) is 5.57 Å². The van der Waals surface area contributed by atoms with Gasteiger partial charge in [0.05, 0.1) is 0 Å². The van der Waals surface area contributed by atoms with Gasteiger partial charge >= 0.3 is 0 Å². The summed E-state index contributed by atoms with van der Waals surface area (Å²) >= 11 is 0. The van der Waals surface area contributed by atoms with Crippen molar-refractivity contribution >= 4 is 5.57 Å². The summed E-state index contributed by atoms with van der Waals surface area (Å²) < 4.78 is 0. The van der Waals surface area contributed by atoms with Crippen LogP contribution < -0.4 is 0 Å². The predicted octanol–water partition coefficient (Wildman–Crippen LogP) is 7.61. The summed E-state index contributed by atoms with van der Waals surface area (Å²) in [5, 5.41) is 0. The van der Waals surface area contributed by atoms with E-state index in [0.29, 0.717) is 0 Å². The molecule has 2 heteroatoms. The van der Waals surface area contributed by atoms with Crippen molar-refractivity contribution in [3.05, 3.63) is 112 Å². The van der Waals surface area contributed by atoms with Gasteiger partial charge in [-0.2, -0.15) is 0 Å². The molecule has 1 aliphatic heterocycles. The monoisotopic (exact) mass is 468 g/mol. The highest BCUT2D eigenvalue weighted by molar-refractivity contribution is 5.65. The second kappa shape index (κ2) is 12.7. The Morgan fingerprint density at radius 1 is 0.829 bits per heavy atom. The number of hydrogen-bond acceptors (Lipinski definition) is 2. The molecule has 0 amide bonds. The van der Waals surface area contributed by atoms with E-state index in [0.717, 1.165) is 63.1 Å². The van der Waals surface area contributed by atoms with E-state index in [1.54, 1.807) is 0 Å². The van der Waals surface area contributed by atoms with Gasteiger partial charge < -0.3 is 4.90 Å². The number of benzene rings is 2. The smallest absolute Gasteiger partial charge is 0.0353 e. The fourth-order valence-electron chi connectivity index (χ4n) is 4.99. The molecule has 2 aromatic rings. The van der Waals surface area contributed by atoms with Crippen molar-refractivity contribution in [2.45, 2.75) is 60.4 Å². The Hall–Kier alpha value is -2.84. The molecule has 0 radical (unpaired) electrons. The maximum absolute atomic E-state index is 4.17. The van der Waals surface area contributed by atoms with Crippen LogP contribution in [0, 0.1) is 0 Å². The lowest BCUT2D eigenvalue weighted by Gasteiger charge is -2.37. The molecule has 0 aromatic heterocycles. The first-order chi connectivity index (χ1) is 16.8. The van der Waals surface area contributed by atoms with Gasteiger partial charge in [0.2, 0.25) is 0 Å². The number of allylic oxidation sites excluding steroid dienone is 5. The molecule has 1 heterocycles. The quantitative estimate of drug-likeness (QED) is 0.331. The molecule has 0 N–H and O–H groups in total. The molecule has 1 fully saturated rings. The first kappa shape index (κ1) is 26.8. The first-order valence-electron chi connectivity index (χ1n) is 13.1. The van der Waals surface area contributed by atoms with E-state index >= 15 is 0 Å². The van der Waals surface area contributed by atoms with Crippen molar-refractivity contribution in [1.82, 2.24) is 9.80 Å². The van der Waals surface area contributed by atoms with E-state index < -0.39 is 0 Å². The summed E-state index contributed by atoms with van der Waals surface area (Å²) in [6.45, 7) is 24.3. The highest BCUT2D eigenvalue weighted by Crippen LogP contribution is 2.23. The third-order valence-corrected chi connectivity index (χ3v) is 6.95. The lowest BCUT2D eigenvalue weighted by molar-refractivity contribution is 0.155. The predicted molar refractivity (Wildman–Crippen MR) is 154 cm³/mol. The Morgan fingerprint density at radius 3 is 2.06 bits per heavy atom. The third-order valence-electron chi connectivity index (χ3n) is 6.95. The van der Waals surface area contributed by atoms with Crippen molar-refractivity contribution < 1.29 is 0 Å².